The van der Waals surface area contributed by atoms with Crippen molar-refractivity contribution in [2.24, 2.45) is 5.73 Å². The lowest BCUT2D eigenvalue weighted by molar-refractivity contribution is 0.100. The van der Waals surface area contributed by atoms with Gasteiger partial charge in [-0.25, -0.2) is 9.37 Å². The van der Waals surface area contributed by atoms with E-state index in [1.165, 1.54) is 23.4 Å². The fourth-order valence-electron chi connectivity index (χ4n) is 4.95. The number of anilines is 3. The first kappa shape index (κ1) is 23.0. The number of carbonyl (C=O) groups excluding carboxylic acids is 1. The van der Waals surface area contributed by atoms with Crippen LogP contribution < -0.4 is 21.1 Å². The van der Waals surface area contributed by atoms with Gasteiger partial charge in [-0.05, 0) is 79.3 Å². The molecule has 5 rings (SSSR count). The molecule has 1 aliphatic heterocycles. The van der Waals surface area contributed by atoms with Crippen molar-refractivity contribution in [1.29, 1.82) is 0 Å². The summed E-state index contributed by atoms with van der Waals surface area (Å²) in [5.41, 5.74) is 11.0. The molecule has 1 amide bonds. The molecule has 4 N–H and O–H groups in total. The lowest BCUT2D eigenvalue weighted by Gasteiger charge is -2.27. The van der Waals surface area contributed by atoms with Crippen LogP contribution in [0.15, 0.2) is 36.5 Å². The van der Waals surface area contributed by atoms with Crippen molar-refractivity contribution in [3.05, 3.63) is 70.2 Å². The second kappa shape index (κ2) is 9.50. The summed E-state index contributed by atoms with van der Waals surface area (Å²) in [4.78, 5) is 23.3. The molecular formula is C26H29FN6O2. The number of rotatable bonds is 6. The number of aromatic nitrogens is 2. The van der Waals surface area contributed by atoms with Crippen LogP contribution in [0, 0.1) is 5.82 Å². The molecule has 182 valence electrons. The minimum absolute atomic E-state index is 0.117. The number of primary amides is 1. The van der Waals surface area contributed by atoms with Crippen molar-refractivity contribution in [2.45, 2.75) is 38.3 Å². The quantitative estimate of drug-likeness (QED) is 0.495. The van der Waals surface area contributed by atoms with Crippen molar-refractivity contribution in [1.82, 2.24) is 14.9 Å². The SMILES string of the molecule is COc1cc2c(cc1Nc1ncc(C(N)=O)c(N[C@H]3CCCc4cc(F)ccc43)n1)CN(C)CC2. The highest BCUT2D eigenvalue weighted by Crippen LogP contribution is 2.35. The Morgan fingerprint density at radius 1 is 1.20 bits per heavy atom. The van der Waals surface area contributed by atoms with Gasteiger partial charge in [0.2, 0.25) is 5.95 Å². The summed E-state index contributed by atoms with van der Waals surface area (Å²) >= 11 is 0. The fourth-order valence-corrected chi connectivity index (χ4v) is 4.95. The maximum Gasteiger partial charge on any atom is 0.254 e. The third kappa shape index (κ3) is 4.77. The zero-order valence-electron chi connectivity index (χ0n) is 19.9. The number of ether oxygens (including phenoxy) is 1. The number of aryl methyl sites for hydroxylation is 1. The molecule has 0 saturated heterocycles. The van der Waals surface area contributed by atoms with E-state index in [-0.39, 0.29) is 17.4 Å². The number of benzene rings is 2. The van der Waals surface area contributed by atoms with E-state index in [0.717, 1.165) is 55.6 Å². The predicted molar refractivity (Wildman–Crippen MR) is 133 cm³/mol. The van der Waals surface area contributed by atoms with Gasteiger partial charge in [-0.2, -0.15) is 4.98 Å². The number of likely N-dealkylation sites (N-methyl/N-ethyl adjacent to an activating group) is 1. The maximum atomic E-state index is 13.7. The molecule has 1 aliphatic carbocycles. The Morgan fingerprint density at radius 3 is 2.86 bits per heavy atom. The standard InChI is InChI=1S/C26H29FN6O2/c1-33-9-8-15-12-23(35-2)22(11-17(15)14-33)31-26-29-13-20(24(28)34)25(32-26)30-21-5-3-4-16-10-18(27)6-7-19(16)21/h6-7,10-13,21H,3-5,8-9,14H2,1-2H3,(H2,28,34)(H2,29,30,31,32)/t21-/m0/s1. The molecule has 0 bridgehead atoms. The van der Waals surface area contributed by atoms with Crippen molar-refractivity contribution < 1.29 is 13.9 Å². The van der Waals surface area contributed by atoms with Crippen LogP contribution in [0.5, 0.6) is 5.75 Å². The third-order valence-corrected chi connectivity index (χ3v) is 6.76. The summed E-state index contributed by atoms with van der Waals surface area (Å²) < 4.78 is 19.4. The number of nitrogens with zero attached hydrogens (tertiary/aromatic N) is 3. The monoisotopic (exact) mass is 476 g/mol. The molecule has 0 fully saturated rings. The van der Waals surface area contributed by atoms with Crippen molar-refractivity contribution in [3.8, 4) is 5.75 Å². The zero-order chi connectivity index (χ0) is 24.5. The van der Waals surface area contributed by atoms with E-state index in [4.69, 9.17) is 10.5 Å². The van der Waals surface area contributed by atoms with Gasteiger partial charge >= 0.3 is 0 Å². The van der Waals surface area contributed by atoms with Crippen molar-refractivity contribution in [2.75, 3.05) is 31.3 Å². The second-order valence-electron chi connectivity index (χ2n) is 9.19. The van der Waals surface area contributed by atoms with E-state index < -0.39 is 5.91 Å². The molecule has 0 radical (unpaired) electrons. The number of carbonyl (C=O) groups is 1. The second-order valence-corrected chi connectivity index (χ2v) is 9.19. The van der Waals surface area contributed by atoms with Crippen molar-refractivity contribution in [3.63, 3.8) is 0 Å². The molecule has 0 saturated carbocycles. The van der Waals surface area contributed by atoms with E-state index in [9.17, 15) is 9.18 Å². The Morgan fingerprint density at radius 2 is 2.06 bits per heavy atom. The first-order valence-electron chi connectivity index (χ1n) is 11.8. The number of nitrogens with one attached hydrogen (secondary N) is 2. The number of halogens is 1. The van der Waals surface area contributed by atoms with Gasteiger partial charge in [-0.1, -0.05) is 6.07 Å². The van der Waals surface area contributed by atoms with Gasteiger partial charge in [-0.15, -0.1) is 0 Å². The van der Waals surface area contributed by atoms with Crippen LogP contribution in [0.3, 0.4) is 0 Å². The maximum absolute atomic E-state index is 13.7. The fraction of sp³-hybridized carbons (Fsp3) is 0.346. The molecule has 1 atom stereocenters. The van der Waals surface area contributed by atoms with Gasteiger partial charge in [0.05, 0.1) is 24.4 Å². The molecule has 0 spiro atoms. The Balaban J connectivity index is 1.46. The summed E-state index contributed by atoms with van der Waals surface area (Å²) in [6, 6.07) is 8.83. The molecule has 2 aliphatic rings. The largest absolute Gasteiger partial charge is 0.495 e. The van der Waals surface area contributed by atoms with E-state index in [1.54, 1.807) is 19.2 Å². The molecule has 35 heavy (non-hydrogen) atoms. The van der Waals surface area contributed by atoms with Crippen LogP contribution in [0.4, 0.5) is 21.8 Å². The highest BCUT2D eigenvalue weighted by Gasteiger charge is 2.24. The number of amides is 1. The van der Waals surface area contributed by atoms with Crippen LogP contribution in [0.1, 0.15) is 51.5 Å². The van der Waals surface area contributed by atoms with Gasteiger partial charge in [0.15, 0.2) is 0 Å². The zero-order valence-corrected chi connectivity index (χ0v) is 19.9. The summed E-state index contributed by atoms with van der Waals surface area (Å²) in [6.45, 7) is 1.86. The van der Waals surface area contributed by atoms with Crippen LogP contribution >= 0.6 is 0 Å². The van der Waals surface area contributed by atoms with Gasteiger partial charge in [0, 0.05) is 19.3 Å². The molecule has 3 aromatic rings. The van der Waals surface area contributed by atoms with Gasteiger partial charge in [-0.3, -0.25) is 4.79 Å². The summed E-state index contributed by atoms with van der Waals surface area (Å²) in [7, 11) is 3.73. The highest BCUT2D eigenvalue weighted by molar-refractivity contribution is 5.97. The van der Waals surface area contributed by atoms with E-state index in [2.05, 4.69) is 44.7 Å². The van der Waals surface area contributed by atoms with Gasteiger partial charge in [0.25, 0.3) is 5.91 Å². The number of fused-ring (bicyclic) bond motifs is 2. The molecule has 8 nitrogen and oxygen atoms in total. The molecule has 0 unspecified atom stereocenters. The van der Waals surface area contributed by atoms with E-state index in [0.29, 0.717) is 17.5 Å². The Kier molecular flexibility index (Phi) is 6.25. The van der Waals surface area contributed by atoms with Crippen LogP contribution in [-0.2, 0) is 19.4 Å². The lowest BCUT2D eigenvalue weighted by atomic mass is 9.87. The summed E-state index contributed by atoms with van der Waals surface area (Å²) in [5.74, 6) is 0.488. The van der Waals surface area contributed by atoms with Crippen LogP contribution in [-0.4, -0.2) is 41.5 Å². The van der Waals surface area contributed by atoms with Crippen LogP contribution in [0.2, 0.25) is 0 Å². The average molecular weight is 477 g/mol. The summed E-state index contributed by atoms with van der Waals surface area (Å²) in [5, 5.41) is 6.62. The number of nitrogens with two attached hydrogens (primary N) is 1. The molecule has 2 heterocycles. The highest BCUT2D eigenvalue weighted by atomic mass is 19.1. The minimum Gasteiger partial charge on any atom is -0.495 e. The Hall–Kier alpha value is -3.72. The molecule has 1 aromatic heterocycles. The van der Waals surface area contributed by atoms with Crippen LogP contribution in [0.25, 0.3) is 0 Å². The summed E-state index contributed by atoms with van der Waals surface area (Å²) in [6.07, 6.45) is 4.94. The Bertz CT molecular complexity index is 1280. The molecule has 2 aromatic carbocycles. The minimum atomic E-state index is -0.622. The van der Waals surface area contributed by atoms with Gasteiger partial charge < -0.3 is 26.0 Å². The molecule has 9 heteroatoms. The topological polar surface area (TPSA) is 105 Å². The number of hydrogen-bond acceptors (Lipinski definition) is 7. The smallest absolute Gasteiger partial charge is 0.254 e. The predicted octanol–water partition coefficient (Wildman–Crippen LogP) is 3.94. The van der Waals surface area contributed by atoms with E-state index in [1.807, 2.05) is 0 Å². The number of methoxy groups -OCH3 is 1. The average Bonchev–Trinajstić information content (AvgIpc) is 2.83. The van der Waals surface area contributed by atoms with E-state index >= 15 is 0 Å². The Labute approximate surface area is 203 Å². The normalized spacial score (nSPS) is 17.3. The van der Waals surface area contributed by atoms with Gasteiger partial charge in [0.1, 0.15) is 17.4 Å². The first-order valence-corrected chi connectivity index (χ1v) is 11.8. The lowest BCUT2D eigenvalue weighted by Crippen LogP contribution is -2.26. The number of hydrogen-bond donors (Lipinski definition) is 3. The molecular weight excluding hydrogens is 447 g/mol. The third-order valence-electron chi connectivity index (χ3n) is 6.76. The first-order chi connectivity index (χ1) is 16.9. The van der Waals surface area contributed by atoms with Crippen molar-refractivity contribution >= 4 is 23.4 Å².